The minimum atomic E-state index is 0.345. The number of likely N-dealkylation sites (tertiary alicyclic amines) is 1. The molecule has 3 N–H and O–H groups in total. The third kappa shape index (κ3) is 3.40. The Morgan fingerprint density at radius 3 is 3.17 bits per heavy atom. The van der Waals surface area contributed by atoms with E-state index >= 15 is 0 Å². The first kappa shape index (κ1) is 13.2. The first-order valence-corrected chi connectivity index (χ1v) is 6.85. The second-order valence-electron chi connectivity index (χ2n) is 4.65. The van der Waals surface area contributed by atoms with Crippen LogP contribution in [0.3, 0.4) is 0 Å². The largest absolute Gasteiger partial charge is 0.388 e. The van der Waals surface area contributed by atoms with Crippen LogP contribution in [0, 0.1) is 0 Å². The first-order chi connectivity index (χ1) is 8.69. The molecule has 0 aromatic carbocycles. The van der Waals surface area contributed by atoms with Gasteiger partial charge in [-0.15, -0.1) is 0 Å². The first-order valence-electron chi connectivity index (χ1n) is 6.44. The third-order valence-corrected chi connectivity index (χ3v) is 3.52. The summed E-state index contributed by atoms with van der Waals surface area (Å²) in [5, 5.41) is 3.47. The lowest BCUT2D eigenvalue weighted by Crippen LogP contribution is -2.42. The summed E-state index contributed by atoms with van der Waals surface area (Å²) in [6.45, 7) is 5.59. The minimum absolute atomic E-state index is 0.345. The summed E-state index contributed by atoms with van der Waals surface area (Å²) >= 11 is 4.94. The second kappa shape index (κ2) is 6.11. The van der Waals surface area contributed by atoms with Gasteiger partial charge >= 0.3 is 0 Å². The van der Waals surface area contributed by atoms with Crippen molar-refractivity contribution in [2.24, 2.45) is 5.73 Å². The van der Waals surface area contributed by atoms with E-state index in [2.05, 4.69) is 22.1 Å². The smallest absolute Gasteiger partial charge is 0.126 e. The summed E-state index contributed by atoms with van der Waals surface area (Å²) in [5.74, 6) is 0.864. The summed E-state index contributed by atoms with van der Waals surface area (Å²) in [6, 6.07) is 6.21. The van der Waals surface area contributed by atoms with E-state index in [-0.39, 0.29) is 0 Å². The summed E-state index contributed by atoms with van der Waals surface area (Å²) in [6.07, 6.45) is 2.43. The number of anilines is 1. The van der Waals surface area contributed by atoms with Gasteiger partial charge in [0.2, 0.25) is 0 Å². The summed E-state index contributed by atoms with van der Waals surface area (Å²) in [7, 11) is 0. The molecule has 0 spiro atoms. The van der Waals surface area contributed by atoms with Crippen molar-refractivity contribution in [3.63, 3.8) is 0 Å². The number of aromatic nitrogens is 1. The van der Waals surface area contributed by atoms with E-state index in [1.807, 2.05) is 18.2 Å². The number of nitrogens with one attached hydrogen (secondary N) is 1. The lowest BCUT2D eigenvalue weighted by molar-refractivity contribution is 0.226. The number of rotatable bonds is 4. The molecule has 1 aromatic heterocycles. The number of likely N-dealkylation sites (N-methyl/N-ethyl adjacent to an activating group) is 1. The zero-order valence-corrected chi connectivity index (χ0v) is 11.5. The van der Waals surface area contributed by atoms with Gasteiger partial charge in [-0.3, -0.25) is 0 Å². The Morgan fingerprint density at radius 2 is 2.44 bits per heavy atom. The van der Waals surface area contributed by atoms with Crippen molar-refractivity contribution in [1.82, 2.24) is 9.88 Å². The van der Waals surface area contributed by atoms with Crippen LogP contribution in [0.5, 0.6) is 0 Å². The van der Waals surface area contributed by atoms with E-state index in [4.69, 9.17) is 18.0 Å². The highest BCUT2D eigenvalue weighted by Gasteiger charge is 2.18. The van der Waals surface area contributed by atoms with Gasteiger partial charge in [-0.1, -0.05) is 25.2 Å². The standard InChI is InChI=1S/C13H20N4S/c1-2-17-8-4-5-10(9-17)15-12-7-3-6-11(16-12)13(14)18/h3,6-7,10H,2,4-5,8-9H2,1H3,(H2,14,18)(H,15,16). The van der Waals surface area contributed by atoms with Crippen LogP contribution in [0.4, 0.5) is 5.82 Å². The molecule has 18 heavy (non-hydrogen) atoms. The third-order valence-electron chi connectivity index (χ3n) is 3.31. The van der Waals surface area contributed by atoms with Crippen LogP contribution in [0.2, 0.25) is 0 Å². The average Bonchev–Trinajstić information content (AvgIpc) is 2.39. The molecule has 4 nitrogen and oxygen atoms in total. The molecule has 1 aliphatic heterocycles. The highest BCUT2D eigenvalue weighted by Crippen LogP contribution is 2.14. The Hall–Kier alpha value is -1.20. The number of pyridine rings is 1. The fourth-order valence-electron chi connectivity index (χ4n) is 2.32. The van der Waals surface area contributed by atoms with Crippen molar-refractivity contribution in [2.75, 3.05) is 25.0 Å². The van der Waals surface area contributed by atoms with Crippen LogP contribution >= 0.6 is 12.2 Å². The maximum Gasteiger partial charge on any atom is 0.126 e. The number of hydrogen-bond donors (Lipinski definition) is 2. The Labute approximate surface area is 114 Å². The number of thiocarbonyl (C=S) groups is 1. The Morgan fingerprint density at radius 1 is 1.61 bits per heavy atom. The maximum atomic E-state index is 5.59. The molecule has 5 heteroatoms. The van der Waals surface area contributed by atoms with Gasteiger partial charge in [0.15, 0.2) is 0 Å². The quantitative estimate of drug-likeness (QED) is 0.809. The number of nitrogens with zero attached hydrogens (tertiary/aromatic N) is 2. The Balaban J connectivity index is 2.00. The summed E-state index contributed by atoms with van der Waals surface area (Å²) < 4.78 is 0. The molecule has 1 atom stereocenters. The van der Waals surface area contributed by atoms with Gasteiger partial charge in [0.1, 0.15) is 10.8 Å². The normalized spacial score (nSPS) is 20.6. The molecule has 98 valence electrons. The zero-order chi connectivity index (χ0) is 13.0. The molecule has 0 radical (unpaired) electrons. The van der Waals surface area contributed by atoms with Crippen molar-refractivity contribution >= 4 is 23.0 Å². The van der Waals surface area contributed by atoms with Crippen molar-refractivity contribution < 1.29 is 0 Å². The number of nitrogens with two attached hydrogens (primary N) is 1. The topological polar surface area (TPSA) is 54.2 Å². The van der Waals surface area contributed by atoms with E-state index in [0.29, 0.717) is 16.7 Å². The van der Waals surface area contributed by atoms with Crippen molar-refractivity contribution in [2.45, 2.75) is 25.8 Å². The molecule has 1 aliphatic rings. The van der Waals surface area contributed by atoms with E-state index in [1.54, 1.807) is 0 Å². The van der Waals surface area contributed by atoms with E-state index in [0.717, 1.165) is 18.9 Å². The minimum Gasteiger partial charge on any atom is -0.388 e. The monoisotopic (exact) mass is 264 g/mol. The predicted molar refractivity (Wildman–Crippen MR) is 78.9 cm³/mol. The highest BCUT2D eigenvalue weighted by atomic mass is 32.1. The molecule has 0 aliphatic carbocycles. The number of hydrogen-bond acceptors (Lipinski definition) is 4. The lowest BCUT2D eigenvalue weighted by Gasteiger charge is -2.32. The van der Waals surface area contributed by atoms with Crippen molar-refractivity contribution in [3.05, 3.63) is 23.9 Å². The van der Waals surface area contributed by atoms with E-state index < -0.39 is 0 Å². The van der Waals surface area contributed by atoms with Crippen molar-refractivity contribution in [3.8, 4) is 0 Å². The molecule has 2 heterocycles. The molecule has 1 aromatic rings. The molecular formula is C13H20N4S. The van der Waals surface area contributed by atoms with Crippen LogP contribution in [0.1, 0.15) is 25.5 Å². The molecule has 1 fully saturated rings. The van der Waals surface area contributed by atoms with Crippen LogP contribution in [-0.2, 0) is 0 Å². The molecular weight excluding hydrogens is 244 g/mol. The van der Waals surface area contributed by atoms with Gasteiger partial charge in [-0.05, 0) is 38.1 Å². The summed E-state index contributed by atoms with van der Waals surface area (Å²) in [4.78, 5) is 7.22. The van der Waals surface area contributed by atoms with Crippen LogP contribution < -0.4 is 11.1 Å². The van der Waals surface area contributed by atoms with Gasteiger partial charge in [-0.25, -0.2) is 4.98 Å². The Kier molecular flexibility index (Phi) is 4.49. The van der Waals surface area contributed by atoms with E-state index in [9.17, 15) is 0 Å². The Bertz CT molecular complexity index is 421. The van der Waals surface area contributed by atoms with Crippen LogP contribution in [0.25, 0.3) is 0 Å². The molecule has 1 saturated heterocycles. The predicted octanol–water partition coefficient (Wildman–Crippen LogP) is 1.61. The van der Waals surface area contributed by atoms with Crippen LogP contribution in [-0.4, -0.2) is 40.5 Å². The zero-order valence-electron chi connectivity index (χ0n) is 10.7. The fourth-order valence-corrected chi connectivity index (χ4v) is 2.44. The molecule has 0 bridgehead atoms. The summed E-state index contributed by atoms with van der Waals surface area (Å²) in [5.41, 5.74) is 6.27. The SMILES string of the molecule is CCN1CCCC(Nc2cccc(C(N)=S)n2)C1. The van der Waals surface area contributed by atoms with Gasteiger partial charge in [0.25, 0.3) is 0 Å². The van der Waals surface area contributed by atoms with Gasteiger partial charge < -0.3 is 16.0 Å². The lowest BCUT2D eigenvalue weighted by atomic mass is 10.1. The van der Waals surface area contributed by atoms with Gasteiger partial charge in [0, 0.05) is 12.6 Å². The molecule has 2 rings (SSSR count). The van der Waals surface area contributed by atoms with Gasteiger partial charge in [0.05, 0.1) is 5.69 Å². The van der Waals surface area contributed by atoms with Crippen molar-refractivity contribution in [1.29, 1.82) is 0 Å². The average molecular weight is 264 g/mol. The maximum absolute atomic E-state index is 5.59. The van der Waals surface area contributed by atoms with Gasteiger partial charge in [-0.2, -0.15) is 0 Å². The second-order valence-corrected chi connectivity index (χ2v) is 5.09. The molecule has 0 saturated carbocycles. The van der Waals surface area contributed by atoms with Crippen LogP contribution in [0.15, 0.2) is 18.2 Å². The molecule has 0 amide bonds. The molecule has 1 unspecified atom stereocenters. The van der Waals surface area contributed by atoms with E-state index in [1.165, 1.54) is 19.4 Å². The fraction of sp³-hybridized carbons (Fsp3) is 0.538. The number of piperidine rings is 1. The highest BCUT2D eigenvalue weighted by molar-refractivity contribution is 7.80.